The first-order valence-electron chi connectivity index (χ1n) is 6.35. The molecule has 0 amide bonds. The number of thioether (sulfide) groups is 2. The van der Waals surface area contributed by atoms with Crippen molar-refractivity contribution in [2.45, 2.75) is 43.2 Å². The van der Waals surface area contributed by atoms with Crippen molar-refractivity contribution in [1.82, 2.24) is 10.4 Å². The molecular weight excluding hydrogens is 282 g/mol. The van der Waals surface area contributed by atoms with E-state index in [2.05, 4.69) is 46.2 Å². The lowest BCUT2D eigenvalue weighted by Crippen LogP contribution is -2.49. The number of thiazole rings is 1. The van der Waals surface area contributed by atoms with Gasteiger partial charge in [0.2, 0.25) is 0 Å². The first kappa shape index (κ1) is 14.7. The summed E-state index contributed by atoms with van der Waals surface area (Å²) in [6, 6.07) is 0.332. The second kappa shape index (κ2) is 7.14. The highest BCUT2D eigenvalue weighted by molar-refractivity contribution is 8.07. The van der Waals surface area contributed by atoms with Crippen molar-refractivity contribution in [3.8, 4) is 0 Å². The van der Waals surface area contributed by atoms with Crippen molar-refractivity contribution in [2.75, 3.05) is 11.5 Å². The van der Waals surface area contributed by atoms with Crippen LogP contribution in [0.5, 0.6) is 0 Å². The van der Waals surface area contributed by atoms with Gasteiger partial charge in [-0.1, -0.05) is 6.92 Å². The third-order valence-corrected chi connectivity index (χ3v) is 7.56. The van der Waals surface area contributed by atoms with Gasteiger partial charge in [-0.2, -0.15) is 23.5 Å². The monoisotopic (exact) mass is 303 g/mol. The first-order chi connectivity index (χ1) is 8.74. The molecule has 1 aliphatic rings. The predicted octanol–water partition coefficient (Wildman–Crippen LogP) is 2.45. The van der Waals surface area contributed by atoms with E-state index in [0.717, 1.165) is 12.1 Å². The van der Waals surface area contributed by atoms with Gasteiger partial charge >= 0.3 is 0 Å². The van der Waals surface area contributed by atoms with Crippen LogP contribution in [0.25, 0.3) is 0 Å². The number of nitrogens with two attached hydrogens (primary N) is 1. The molecule has 102 valence electrons. The molecule has 18 heavy (non-hydrogen) atoms. The Kier molecular flexibility index (Phi) is 5.82. The summed E-state index contributed by atoms with van der Waals surface area (Å²) in [7, 11) is 0. The number of aromatic nitrogens is 1. The van der Waals surface area contributed by atoms with Crippen molar-refractivity contribution in [3.63, 3.8) is 0 Å². The van der Waals surface area contributed by atoms with Crippen LogP contribution >= 0.6 is 34.9 Å². The number of hydrogen-bond donors (Lipinski definition) is 2. The minimum absolute atomic E-state index is 0.332. The number of hydrogen-bond acceptors (Lipinski definition) is 6. The van der Waals surface area contributed by atoms with Crippen LogP contribution in [0, 0.1) is 6.92 Å². The molecular formula is C12H21N3S3. The second-order valence-corrected chi connectivity index (χ2v) is 8.09. The zero-order chi connectivity index (χ0) is 13.0. The lowest BCUT2D eigenvalue weighted by atomic mass is 10.1. The van der Waals surface area contributed by atoms with Gasteiger partial charge in [-0.05, 0) is 13.3 Å². The van der Waals surface area contributed by atoms with Crippen molar-refractivity contribution < 1.29 is 0 Å². The number of nitrogens with zero attached hydrogens (tertiary/aromatic N) is 1. The van der Waals surface area contributed by atoms with Gasteiger partial charge in [-0.25, -0.2) is 4.98 Å². The van der Waals surface area contributed by atoms with Gasteiger partial charge in [-0.3, -0.25) is 11.3 Å². The summed E-state index contributed by atoms with van der Waals surface area (Å²) < 4.78 is 0. The zero-order valence-electron chi connectivity index (χ0n) is 10.9. The molecule has 2 rings (SSSR count). The molecule has 3 N–H and O–H groups in total. The van der Waals surface area contributed by atoms with Gasteiger partial charge in [0.15, 0.2) is 0 Å². The van der Waals surface area contributed by atoms with Gasteiger partial charge in [0, 0.05) is 45.5 Å². The van der Waals surface area contributed by atoms with E-state index in [0.29, 0.717) is 16.5 Å². The maximum Gasteiger partial charge on any atom is 0.0944 e. The lowest BCUT2D eigenvalue weighted by Gasteiger charge is -2.35. The first-order valence-corrected chi connectivity index (χ1v) is 9.32. The highest BCUT2D eigenvalue weighted by Gasteiger charge is 2.32. The third kappa shape index (κ3) is 3.63. The Balaban J connectivity index is 2.02. The quantitative estimate of drug-likeness (QED) is 0.646. The lowest BCUT2D eigenvalue weighted by molar-refractivity contribution is 0.489. The normalized spacial score (nSPS) is 26.2. The fourth-order valence-corrected chi connectivity index (χ4v) is 6.34. The maximum absolute atomic E-state index is 5.78. The van der Waals surface area contributed by atoms with Gasteiger partial charge < -0.3 is 0 Å². The summed E-state index contributed by atoms with van der Waals surface area (Å²) in [5.41, 5.74) is 4.14. The zero-order valence-corrected chi connectivity index (χ0v) is 13.3. The molecule has 1 fully saturated rings. The van der Waals surface area contributed by atoms with Crippen LogP contribution < -0.4 is 11.3 Å². The SMILES string of the molecule is CCC1SCCSC1C(Cc1nc(C)cs1)NN. The molecule has 0 spiro atoms. The van der Waals surface area contributed by atoms with E-state index in [1.165, 1.54) is 22.9 Å². The van der Waals surface area contributed by atoms with E-state index in [-0.39, 0.29) is 0 Å². The van der Waals surface area contributed by atoms with Crippen molar-refractivity contribution in [3.05, 3.63) is 16.1 Å². The van der Waals surface area contributed by atoms with Crippen LogP contribution in [0.15, 0.2) is 5.38 Å². The molecule has 1 aliphatic heterocycles. The van der Waals surface area contributed by atoms with Crippen molar-refractivity contribution in [1.29, 1.82) is 0 Å². The van der Waals surface area contributed by atoms with Crippen LogP contribution in [0.1, 0.15) is 24.0 Å². The molecule has 0 bridgehead atoms. The van der Waals surface area contributed by atoms with Gasteiger partial charge in [0.05, 0.1) is 5.01 Å². The molecule has 1 aromatic heterocycles. The maximum atomic E-state index is 5.78. The predicted molar refractivity (Wildman–Crippen MR) is 84.4 cm³/mol. The Morgan fingerprint density at radius 2 is 2.28 bits per heavy atom. The van der Waals surface area contributed by atoms with Crippen LogP contribution in [0.2, 0.25) is 0 Å². The third-order valence-electron chi connectivity index (χ3n) is 3.17. The largest absolute Gasteiger partial charge is 0.271 e. The van der Waals surface area contributed by atoms with Gasteiger partial charge in [-0.15, -0.1) is 11.3 Å². The number of aryl methyl sites for hydroxylation is 1. The van der Waals surface area contributed by atoms with Crippen molar-refractivity contribution in [2.24, 2.45) is 5.84 Å². The molecule has 3 unspecified atom stereocenters. The summed E-state index contributed by atoms with van der Waals surface area (Å²) in [5, 5.41) is 4.62. The van der Waals surface area contributed by atoms with E-state index in [1.54, 1.807) is 11.3 Å². The summed E-state index contributed by atoms with van der Waals surface area (Å²) in [4.78, 5) is 4.55. The molecule has 3 nitrogen and oxygen atoms in total. The van der Waals surface area contributed by atoms with Gasteiger partial charge in [0.25, 0.3) is 0 Å². The van der Waals surface area contributed by atoms with Gasteiger partial charge in [0.1, 0.15) is 0 Å². The summed E-state index contributed by atoms with van der Waals surface area (Å²) in [6.07, 6.45) is 2.17. The summed E-state index contributed by atoms with van der Waals surface area (Å²) >= 11 is 5.91. The minimum Gasteiger partial charge on any atom is -0.271 e. The van der Waals surface area contributed by atoms with E-state index in [1.807, 2.05) is 6.92 Å². The molecule has 0 saturated carbocycles. The highest BCUT2D eigenvalue weighted by atomic mass is 32.2. The molecule has 6 heteroatoms. The van der Waals surface area contributed by atoms with Crippen LogP contribution in [-0.4, -0.2) is 33.0 Å². The summed E-state index contributed by atoms with van der Waals surface area (Å²) in [6.45, 7) is 4.32. The van der Waals surface area contributed by atoms with E-state index in [4.69, 9.17) is 5.84 Å². The fraction of sp³-hybridized carbons (Fsp3) is 0.750. The number of rotatable bonds is 5. The van der Waals surface area contributed by atoms with Crippen LogP contribution in [0.3, 0.4) is 0 Å². The molecule has 2 heterocycles. The van der Waals surface area contributed by atoms with E-state index >= 15 is 0 Å². The number of hydrazine groups is 1. The number of nitrogens with one attached hydrogen (secondary N) is 1. The molecule has 0 radical (unpaired) electrons. The second-order valence-electron chi connectivity index (χ2n) is 4.51. The Labute approximate surface area is 122 Å². The molecule has 1 aromatic rings. The smallest absolute Gasteiger partial charge is 0.0944 e. The fourth-order valence-electron chi connectivity index (χ4n) is 2.27. The van der Waals surface area contributed by atoms with Crippen LogP contribution in [0.4, 0.5) is 0 Å². The van der Waals surface area contributed by atoms with Crippen molar-refractivity contribution >= 4 is 34.9 Å². The molecule has 3 atom stereocenters. The summed E-state index contributed by atoms with van der Waals surface area (Å²) in [5.74, 6) is 8.29. The Hall–Kier alpha value is 0.250. The molecule has 1 saturated heterocycles. The average molecular weight is 304 g/mol. The highest BCUT2D eigenvalue weighted by Crippen LogP contribution is 2.36. The minimum atomic E-state index is 0.332. The molecule has 0 aromatic carbocycles. The Morgan fingerprint density at radius 1 is 1.50 bits per heavy atom. The molecule has 0 aliphatic carbocycles. The Morgan fingerprint density at radius 3 is 2.89 bits per heavy atom. The van der Waals surface area contributed by atoms with Crippen LogP contribution in [-0.2, 0) is 6.42 Å². The van der Waals surface area contributed by atoms with E-state index < -0.39 is 0 Å². The Bertz CT molecular complexity index is 369. The average Bonchev–Trinajstić information content (AvgIpc) is 2.81. The van der Waals surface area contributed by atoms with E-state index in [9.17, 15) is 0 Å². The topological polar surface area (TPSA) is 50.9 Å². The standard InChI is InChI=1S/C12H21N3S3/c1-3-10-12(17-5-4-16-10)9(15-13)6-11-14-8(2)7-18-11/h7,9-10,12,15H,3-6,13H2,1-2H3.